The molecule has 0 aliphatic carbocycles. The molecular formula is C13H15N3O2. The quantitative estimate of drug-likeness (QED) is 0.845. The van der Waals surface area contributed by atoms with Gasteiger partial charge in [0.1, 0.15) is 6.04 Å². The van der Waals surface area contributed by atoms with Crippen molar-refractivity contribution in [1.82, 2.24) is 9.97 Å². The minimum absolute atomic E-state index is 0.566. The lowest BCUT2D eigenvalue weighted by Crippen LogP contribution is -2.28. The highest BCUT2D eigenvalue weighted by Gasteiger charge is 2.15. The number of carboxylic acid groups (broad SMARTS) is 1. The Hall–Kier alpha value is -2.17. The first-order chi connectivity index (χ1) is 8.70. The van der Waals surface area contributed by atoms with Crippen LogP contribution in [-0.4, -0.2) is 27.1 Å². The monoisotopic (exact) mass is 245 g/mol. The Bertz CT molecular complexity index is 557. The van der Waals surface area contributed by atoms with Crippen LogP contribution in [0.1, 0.15) is 19.8 Å². The van der Waals surface area contributed by atoms with Crippen LogP contribution in [0.2, 0.25) is 0 Å². The summed E-state index contributed by atoms with van der Waals surface area (Å²) in [5, 5.41) is 12.1. The van der Waals surface area contributed by atoms with E-state index >= 15 is 0 Å². The molecule has 0 bridgehead atoms. The lowest BCUT2D eigenvalue weighted by Gasteiger charge is -2.14. The van der Waals surface area contributed by atoms with E-state index in [0.717, 1.165) is 23.1 Å². The van der Waals surface area contributed by atoms with E-state index in [4.69, 9.17) is 5.11 Å². The van der Waals surface area contributed by atoms with Crippen molar-refractivity contribution in [2.75, 3.05) is 5.32 Å². The molecule has 0 fully saturated rings. The number of benzene rings is 1. The summed E-state index contributed by atoms with van der Waals surface area (Å²) >= 11 is 0. The molecule has 2 N–H and O–H groups in total. The van der Waals surface area contributed by atoms with Crippen molar-refractivity contribution in [3.8, 4) is 0 Å². The zero-order valence-corrected chi connectivity index (χ0v) is 10.1. The molecule has 2 aromatic rings. The highest BCUT2D eigenvalue weighted by Crippen LogP contribution is 2.17. The van der Waals surface area contributed by atoms with Gasteiger partial charge in [0.05, 0.1) is 11.0 Å². The molecule has 0 aliphatic heterocycles. The maximum atomic E-state index is 11.1. The SMILES string of the molecule is CCCC(Nc1ccc2nccnc2c1)C(=O)O. The van der Waals surface area contributed by atoms with Gasteiger partial charge in [0.25, 0.3) is 0 Å². The molecule has 0 spiro atoms. The fourth-order valence-corrected chi connectivity index (χ4v) is 1.80. The molecule has 0 saturated heterocycles. The number of aliphatic carboxylic acids is 1. The number of fused-ring (bicyclic) bond motifs is 1. The fraction of sp³-hybridized carbons (Fsp3) is 0.308. The van der Waals surface area contributed by atoms with E-state index in [1.165, 1.54) is 0 Å². The number of carbonyl (C=O) groups is 1. The summed E-state index contributed by atoms with van der Waals surface area (Å²) in [4.78, 5) is 19.4. The van der Waals surface area contributed by atoms with Gasteiger partial charge in [-0.25, -0.2) is 4.79 Å². The van der Waals surface area contributed by atoms with E-state index in [1.54, 1.807) is 12.4 Å². The topological polar surface area (TPSA) is 75.1 Å². The van der Waals surface area contributed by atoms with Crippen LogP contribution in [0.4, 0.5) is 5.69 Å². The van der Waals surface area contributed by atoms with Crippen molar-refractivity contribution in [3.63, 3.8) is 0 Å². The van der Waals surface area contributed by atoms with E-state index in [1.807, 2.05) is 25.1 Å². The van der Waals surface area contributed by atoms with Gasteiger partial charge in [0.2, 0.25) is 0 Å². The maximum absolute atomic E-state index is 11.1. The molecule has 1 heterocycles. The Morgan fingerprint density at radius 2 is 2.06 bits per heavy atom. The van der Waals surface area contributed by atoms with E-state index in [9.17, 15) is 4.79 Å². The van der Waals surface area contributed by atoms with Gasteiger partial charge in [-0.2, -0.15) is 0 Å². The van der Waals surface area contributed by atoms with Gasteiger partial charge in [0, 0.05) is 18.1 Å². The van der Waals surface area contributed by atoms with Crippen molar-refractivity contribution in [2.24, 2.45) is 0 Å². The van der Waals surface area contributed by atoms with Crippen LogP contribution in [-0.2, 0) is 4.79 Å². The first-order valence-electron chi connectivity index (χ1n) is 5.91. The van der Waals surface area contributed by atoms with Crippen LogP contribution in [0.25, 0.3) is 11.0 Å². The molecule has 1 aromatic heterocycles. The van der Waals surface area contributed by atoms with Gasteiger partial charge < -0.3 is 10.4 Å². The second-order valence-corrected chi connectivity index (χ2v) is 4.08. The normalized spacial score (nSPS) is 12.3. The first-order valence-corrected chi connectivity index (χ1v) is 5.91. The molecule has 94 valence electrons. The number of carboxylic acids is 1. The molecule has 5 heteroatoms. The predicted molar refractivity (Wildman–Crippen MR) is 69.5 cm³/mol. The van der Waals surface area contributed by atoms with E-state index in [2.05, 4.69) is 15.3 Å². The van der Waals surface area contributed by atoms with Crippen molar-refractivity contribution in [2.45, 2.75) is 25.8 Å². The second kappa shape index (κ2) is 5.44. The number of hydrogen-bond donors (Lipinski definition) is 2. The molecule has 0 saturated carbocycles. The van der Waals surface area contributed by atoms with Gasteiger partial charge in [-0.15, -0.1) is 0 Å². The summed E-state index contributed by atoms with van der Waals surface area (Å²) in [6.07, 6.45) is 4.66. The molecule has 1 aromatic carbocycles. The Balaban J connectivity index is 2.22. The molecule has 1 atom stereocenters. The van der Waals surface area contributed by atoms with Crippen LogP contribution in [0, 0.1) is 0 Å². The maximum Gasteiger partial charge on any atom is 0.326 e. The summed E-state index contributed by atoms with van der Waals surface area (Å²) in [5.41, 5.74) is 2.30. The van der Waals surface area contributed by atoms with Gasteiger partial charge in [-0.3, -0.25) is 9.97 Å². The van der Waals surface area contributed by atoms with E-state index in [-0.39, 0.29) is 0 Å². The third-order valence-corrected chi connectivity index (χ3v) is 2.69. The molecule has 0 amide bonds. The van der Waals surface area contributed by atoms with Crippen LogP contribution in [0.3, 0.4) is 0 Å². The van der Waals surface area contributed by atoms with Crippen LogP contribution in [0.15, 0.2) is 30.6 Å². The van der Waals surface area contributed by atoms with E-state index < -0.39 is 12.0 Å². The van der Waals surface area contributed by atoms with Gasteiger partial charge >= 0.3 is 5.97 Å². The number of anilines is 1. The summed E-state index contributed by atoms with van der Waals surface area (Å²) in [6, 6.07) is 4.90. The zero-order valence-electron chi connectivity index (χ0n) is 10.1. The molecule has 1 unspecified atom stereocenters. The van der Waals surface area contributed by atoms with E-state index in [0.29, 0.717) is 6.42 Å². The molecule has 0 radical (unpaired) electrons. The van der Waals surface area contributed by atoms with Crippen molar-refractivity contribution in [3.05, 3.63) is 30.6 Å². The smallest absolute Gasteiger partial charge is 0.326 e. The first kappa shape index (κ1) is 12.3. The van der Waals surface area contributed by atoms with Crippen LogP contribution in [0.5, 0.6) is 0 Å². The number of nitrogens with one attached hydrogen (secondary N) is 1. The lowest BCUT2D eigenvalue weighted by molar-refractivity contribution is -0.138. The number of nitrogens with zero attached hydrogens (tertiary/aromatic N) is 2. The average molecular weight is 245 g/mol. The molecule has 2 rings (SSSR count). The second-order valence-electron chi connectivity index (χ2n) is 4.08. The predicted octanol–water partition coefficient (Wildman–Crippen LogP) is 2.29. The number of hydrogen-bond acceptors (Lipinski definition) is 4. The molecule has 5 nitrogen and oxygen atoms in total. The molecular weight excluding hydrogens is 230 g/mol. The number of rotatable bonds is 5. The highest BCUT2D eigenvalue weighted by atomic mass is 16.4. The average Bonchev–Trinajstić information content (AvgIpc) is 2.38. The Kier molecular flexibility index (Phi) is 3.72. The highest BCUT2D eigenvalue weighted by molar-refractivity contribution is 5.81. The third kappa shape index (κ3) is 2.74. The standard InChI is InChI=1S/C13H15N3O2/c1-2-3-11(13(17)18)16-9-4-5-10-12(8-9)15-7-6-14-10/h4-8,11,16H,2-3H2,1H3,(H,17,18). The largest absolute Gasteiger partial charge is 0.480 e. The van der Waals surface area contributed by atoms with Crippen molar-refractivity contribution < 1.29 is 9.90 Å². The van der Waals surface area contributed by atoms with Crippen molar-refractivity contribution >= 4 is 22.7 Å². The van der Waals surface area contributed by atoms with Crippen LogP contribution >= 0.6 is 0 Å². The Morgan fingerprint density at radius 1 is 1.33 bits per heavy atom. The number of aromatic nitrogens is 2. The minimum Gasteiger partial charge on any atom is -0.480 e. The summed E-state index contributed by atoms with van der Waals surface area (Å²) in [6.45, 7) is 1.96. The molecule has 18 heavy (non-hydrogen) atoms. The fourth-order valence-electron chi connectivity index (χ4n) is 1.80. The minimum atomic E-state index is -0.837. The van der Waals surface area contributed by atoms with Crippen LogP contribution < -0.4 is 5.32 Å². The van der Waals surface area contributed by atoms with Crippen molar-refractivity contribution in [1.29, 1.82) is 0 Å². The summed E-state index contributed by atoms with van der Waals surface area (Å²) < 4.78 is 0. The Labute approximate surface area is 105 Å². The lowest BCUT2D eigenvalue weighted by atomic mass is 10.1. The zero-order chi connectivity index (χ0) is 13.0. The Morgan fingerprint density at radius 3 is 2.72 bits per heavy atom. The summed E-state index contributed by atoms with van der Waals surface area (Å²) in [5.74, 6) is -0.837. The van der Waals surface area contributed by atoms with Gasteiger partial charge in [-0.05, 0) is 24.6 Å². The summed E-state index contributed by atoms with van der Waals surface area (Å²) in [7, 11) is 0. The van der Waals surface area contributed by atoms with Gasteiger partial charge in [-0.1, -0.05) is 13.3 Å². The molecule has 0 aliphatic rings. The van der Waals surface area contributed by atoms with Gasteiger partial charge in [0.15, 0.2) is 0 Å². The third-order valence-electron chi connectivity index (χ3n) is 2.69.